The Labute approximate surface area is 123 Å². The van der Waals surface area contributed by atoms with Crippen molar-refractivity contribution in [3.8, 4) is 0 Å². The molecular weight excluding hydrogens is 270 g/mol. The standard InChI is InChI=1S/C15H19N3O3/c1-18-14(20)8-7-13(17-18)15(21)16-12(10-19)9-11-5-3-2-4-6-11/h2-6,12,19H,7-10H2,1H3,(H,16,21)/t12-/m1/s1. The predicted molar refractivity (Wildman–Crippen MR) is 78.6 cm³/mol. The van der Waals surface area contributed by atoms with E-state index in [4.69, 9.17) is 0 Å². The molecule has 0 fully saturated rings. The van der Waals surface area contributed by atoms with Crippen LogP contribution in [0.1, 0.15) is 18.4 Å². The zero-order valence-corrected chi connectivity index (χ0v) is 12.0. The van der Waals surface area contributed by atoms with Gasteiger partial charge >= 0.3 is 0 Å². The van der Waals surface area contributed by atoms with Gasteiger partial charge in [-0.3, -0.25) is 9.59 Å². The van der Waals surface area contributed by atoms with Crippen LogP contribution in [0.25, 0.3) is 0 Å². The van der Waals surface area contributed by atoms with Crippen molar-refractivity contribution >= 4 is 17.5 Å². The normalized spacial score (nSPS) is 16.4. The summed E-state index contributed by atoms with van der Waals surface area (Å²) in [6, 6.07) is 9.26. The van der Waals surface area contributed by atoms with Gasteiger partial charge in [-0.25, -0.2) is 5.01 Å². The fourth-order valence-electron chi connectivity index (χ4n) is 2.16. The number of benzene rings is 1. The number of nitrogens with zero attached hydrogens (tertiary/aromatic N) is 2. The molecule has 0 radical (unpaired) electrons. The summed E-state index contributed by atoms with van der Waals surface area (Å²) in [5.74, 6) is -0.432. The van der Waals surface area contributed by atoms with Gasteiger partial charge in [-0.2, -0.15) is 5.10 Å². The summed E-state index contributed by atoms with van der Waals surface area (Å²) in [4.78, 5) is 23.4. The van der Waals surface area contributed by atoms with E-state index in [1.165, 1.54) is 12.1 Å². The molecule has 1 heterocycles. The molecule has 0 saturated carbocycles. The van der Waals surface area contributed by atoms with Crippen LogP contribution in [0.4, 0.5) is 0 Å². The van der Waals surface area contributed by atoms with Crippen molar-refractivity contribution in [2.24, 2.45) is 5.10 Å². The second-order valence-corrected chi connectivity index (χ2v) is 5.01. The molecule has 0 saturated heterocycles. The Morgan fingerprint density at radius 3 is 2.71 bits per heavy atom. The topological polar surface area (TPSA) is 82.0 Å². The first-order chi connectivity index (χ1) is 10.1. The molecule has 112 valence electrons. The number of hydrogen-bond acceptors (Lipinski definition) is 4. The predicted octanol–water partition coefficient (Wildman–Crippen LogP) is 0.314. The highest BCUT2D eigenvalue weighted by Gasteiger charge is 2.23. The number of nitrogens with one attached hydrogen (secondary N) is 1. The highest BCUT2D eigenvalue weighted by Crippen LogP contribution is 2.08. The number of aliphatic hydroxyl groups is 1. The molecular formula is C15H19N3O3. The Balaban J connectivity index is 1.97. The van der Waals surface area contributed by atoms with Gasteiger partial charge in [0, 0.05) is 19.9 Å². The molecule has 0 bridgehead atoms. The van der Waals surface area contributed by atoms with E-state index in [0.29, 0.717) is 18.6 Å². The van der Waals surface area contributed by atoms with Crippen molar-refractivity contribution in [1.29, 1.82) is 0 Å². The molecule has 2 amide bonds. The average Bonchev–Trinajstić information content (AvgIpc) is 2.50. The van der Waals surface area contributed by atoms with Gasteiger partial charge in [0.05, 0.1) is 12.6 Å². The average molecular weight is 289 g/mol. The van der Waals surface area contributed by atoms with Gasteiger partial charge in [0.2, 0.25) is 5.91 Å². The molecule has 0 aliphatic carbocycles. The van der Waals surface area contributed by atoms with Crippen molar-refractivity contribution in [1.82, 2.24) is 10.3 Å². The van der Waals surface area contributed by atoms with Crippen molar-refractivity contribution in [2.75, 3.05) is 13.7 Å². The fourth-order valence-corrected chi connectivity index (χ4v) is 2.16. The smallest absolute Gasteiger partial charge is 0.267 e. The molecule has 1 atom stereocenters. The molecule has 1 aliphatic rings. The third-order valence-electron chi connectivity index (χ3n) is 3.35. The van der Waals surface area contributed by atoms with Gasteiger partial charge < -0.3 is 10.4 Å². The summed E-state index contributed by atoms with van der Waals surface area (Å²) >= 11 is 0. The lowest BCUT2D eigenvalue weighted by molar-refractivity contribution is -0.130. The van der Waals surface area contributed by atoms with Crippen LogP contribution in [-0.4, -0.2) is 47.3 Å². The van der Waals surface area contributed by atoms with Gasteiger partial charge in [0.25, 0.3) is 5.91 Å². The van der Waals surface area contributed by atoms with Crippen molar-refractivity contribution < 1.29 is 14.7 Å². The van der Waals surface area contributed by atoms with Crippen LogP contribution in [-0.2, 0) is 16.0 Å². The van der Waals surface area contributed by atoms with Crippen LogP contribution in [0.2, 0.25) is 0 Å². The number of amides is 2. The number of carbonyl (C=O) groups is 2. The van der Waals surface area contributed by atoms with E-state index < -0.39 is 0 Å². The van der Waals surface area contributed by atoms with E-state index in [2.05, 4.69) is 10.4 Å². The highest BCUT2D eigenvalue weighted by molar-refractivity contribution is 6.39. The van der Waals surface area contributed by atoms with Crippen LogP contribution in [0, 0.1) is 0 Å². The quantitative estimate of drug-likeness (QED) is 0.818. The zero-order valence-electron chi connectivity index (χ0n) is 12.0. The first-order valence-electron chi connectivity index (χ1n) is 6.90. The van der Waals surface area contributed by atoms with Crippen LogP contribution >= 0.6 is 0 Å². The van der Waals surface area contributed by atoms with Gasteiger partial charge in [0.15, 0.2) is 0 Å². The summed E-state index contributed by atoms with van der Waals surface area (Å²) in [5, 5.41) is 17.3. The second kappa shape index (κ2) is 6.99. The van der Waals surface area contributed by atoms with E-state index >= 15 is 0 Å². The molecule has 0 unspecified atom stereocenters. The van der Waals surface area contributed by atoms with E-state index in [9.17, 15) is 14.7 Å². The molecule has 0 aromatic heterocycles. The maximum absolute atomic E-state index is 12.1. The third-order valence-corrected chi connectivity index (χ3v) is 3.35. The molecule has 2 N–H and O–H groups in total. The Morgan fingerprint density at radius 1 is 1.38 bits per heavy atom. The van der Waals surface area contributed by atoms with Gasteiger partial charge in [-0.15, -0.1) is 0 Å². The van der Waals surface area contributed by atoms with E-state index in [1.807, 2.05) is 30.3 Å². The Bertz CT molecular complexity index is 542. The Kier molecular flexibility index (Phi) is 5.05. The van der Waals surface area contributed by atoms with Crippen LogP contribution in [0.5, 0.6) is 0 Å². The lowest BCUT2D eigenvalue weighted by Crippen LogP contribution is -2.44. The first kappa shape index (κ1) is 15.2. The Hall–Kier alpha value is -2.21. The highest BCUT2D eigenvalue weighted by atomic mass is 16.3. The molecule has 1 aromatic rings. The minimum absolute atomic E-state index is 0.102. The van der Waals surface area contributed by atoms with Crippen molar-refractivity contribution in [3.05, 3.63) is 35.9 Å². The van der Waals surface area contributed by atoms with Gasteiger partial charge in [-0.1, -0.05) is 30.3 Å². The largest absolute Gasteiger partial charge is 0.394 e. The van der Waals surface area contributed by atoms with Gasteiger partial charge in [-0.05, 0) is 12.0 Å². The number of hydrogen-bond donors (Lipinski definition) is 2. The second-order valence-electron chi connectivity index (χ2n) is 5.01. The molecule has 1 aromatic carbocycles. The number of hydrazone groups is 1. The summed E-state index contributed by atoms with van der Waals surface area (Å²) in [5.41, 5.74) is 1.36. The summed E-state index contributed by atoms with van der Waals surface area (Å²) in [6.07, 6.45) is 1.16. The van der Waals surface area contributed by atoms with Crippen LogP contribution < -0.4 is 5.32 Å². The summed E-state index contributed by atoms with van der Waals surface area (Å²) in [7, 11) is 1.53. The molecule has 1 aliphatic heterocycles. The van der Waals surface area contributed by atoms with E-state index in [1.54, 1.807) is 0 Å². The SMILES string of the molecule is CN1N=C(C(=O)N[C@@H](CO)Cc2ccccc2)CCC1=O. The first-order valence-corrected chi connectivity index (χ1v) is 6.90. The molecule has 6 heteroatoms. The maximum Gasteiger partial charge on any atom is 0.267 e. The number of aliphatic hydroxyl groups excluding tert-OH is 1. The molecule has 6 nitrogen and oxygen atoms in total. The lowest BCUT2D eigenvalue weighted by Gasteiger charge is -2.21. The molecule has 21 heavy (non-hydrogen) atoms. The van der Waals surface area contributed by atoms with Crippen LogP contribution in [0.15, 0.2) is 35.4 Å². The fraction of sp³-hybridized carbons (Fsp3) is 0.400. The lowest BCUT2D eigenvalue weighted by atomic mass is 10.1. The van der Waals surface area contributed by atoms with E-state index in [0.717, 1.165) is 5.56 Å². The van der Waals surface area contributed by atoms with Crippen molar-refractivity contribution in [2.45, 2.75) is 25.3 Å². The number of carbonyl (C=O) groups excluding carboxylic acids is 2. The minimum Gasteiger partial charge on any atom is -0.394 e. The minimum atomic E-state index is -0.370. The molecule has 0 spiro atoms. The summed E-state index contributed by atoms with van der Waals surface area (Å²) in [6.45, 7) is -0.150. The van der Waals surface area contributed by atoms with Crippen LogP contribution in [0.3, 0.4) is 0 Å². The monoisotopic (exact) mass is 289 g/mol. The zero-order chi connectivity index (χ0) is 15.2. The molecule has 2 rings (SSSR count). The Morgan fingerprint density at radius 2 is 2.10 bits per heavy atom. The summed E-state index contributed by atoms with van der Waals surface area (Å²) < 4.78 is 0. The third kappa shape index (κ3) is 4.13. The van der Waals surface area contributed by atoms with Crippen molar-refractivity contribution in [3.63, 3.8) is 0 Å². The van der Waals surface area contributed by atoms with E-state index in [-0.39, 0.29) is 30.9 Å². The maximum atomic E-state index is 12.1. The van der Waals surface area contributed by atoms with Gasteiger partial charge in [0.1, 0.15) is 5.71 Å². The number of rotatable bonds is 5.